The number of hydrogen-bond acceptors (Lipinski definition) is 4. The van der Waals surface area contributed by atoms with Gasteiger partial charge in [-0.15, -0.1) is 0 Å². The fraction of sp³-hybridized carbons (Fsp3) is 0.500. The van der Waals surface area contributed by atoms with Crippen LogP contribution in [0.1, 0.15) is 24.8 Å². The van der Waals surface area contributed by atoms with E-state index in [1.54, 1.807) is 24.3 Å². The summed E-state index contributed by atoms with van der Waals surface area (Å²) in [7, 11) is 0. The third-order valence-corrected chi connectivity index (χ3v) is 4.33. The normalized spacial score (nSPS) is 17.1. The van der Waals surface area contributed by atoms with Crippen LogP contribution >= 0.6 is 0 Å². The van der Waals surface area contributed by atoms with E-state index in [-0.39, 0.29) is 6.42 Å². The van der Waals surface area contributed by atoms with Gasteiger partial charge in [-0.05, 0) is 31.5 Å². The van der Waals surface area contributed by atoms with Crippen molar-refractivity contribution in [1.82, 2.24) is 10.2 Å². The second-order valence-electron chi connectivity index (χ2n) is 5.88. The highest BCUT2D eigenvalue weighted by molar-refractivity contribution is 5.80. The Kier molecular flexibility index (Phi) is 5.74. The maximum atomic E-state index is 13.5. The van der Waals surface area contributed by atoms with Crippen molar-refractivity contribution in [2.45, 2.75) is 37.3 Å². The number of para-hydroxylation sites is 1. The molecule has 5 nitrogen and oxygen atoms in total. The molecule has 0 aliphatic carbocycles. The predicted molar refractivity (Wildman–Crippen MR) is 82.6 cm³/mol. The first-order chi connectivity index (χ1) is 12.5. The lowest BCUT2D eigenvalue weighted by molar-refractivity contribution is -0.364. The first-order valence-electron chi connectivity index (χ1n) is 7.96. The van der Waals surface area contributed by atoms with Gasteiger partial charge in [-0.1, -0.05) is 18.2 Å². The fourth-order valence-electron chi connectivity index (χ4n) is 3.07. The fourth-order valence-corrected chi connectivity index (χ4v) is 3.07. The van der Waals surface area contributed by atoms with Gasteiger partial charge in [-0.2, -0.15) is 26.3 Å². The molecule has 0 spiro atoms. The Labute approximate surface area is 150 Å². The van der Waals surface area contributed by atoms with Crippen LogP contribution in [0.4, 0.5) is 36.8 Å². The topological polar surface area (TPSA) is 67.8 Å². The van der Waals surface area contributed by atoms with Gasteiger partial charge < -0.3 is 14.8 Å². The molecule has 27 heavy (non-hydrogen) atoms. The third-order valence-electron chi connectivity index (χ3n) is 4.33. The van der Waals surface area contributed by atoms with Gasteiger partial charge in [0.15, 0.2) is 0 Å². The van der Waals surface area contributed by atoms with Crippen molar-refractivity contribution in [2.24, 2.45) is 4.99 Å². The van der Waals surface area contributed by atoms with Gasteiger partial charge in [0.2, 0.25) is 0 Å². The molecule has 1 aliphatic heterocycles. The highest BCUT2D eigenvalue weighted by Crippen LogP contribution is 2.45. The molecule has 1 heterocycles. The number of alkyl halides is 6. The van der Waals surface area contributed by atoms with Crippen LogP contribution in [0.5, 0.6) is 0 Å². The van der Waals surface area contributed by atoms with E-state index in [0.717, 1.165) is 6.92 Å². The number of rotatable bonds is 6. The van der Waals surface area contributed by atoms with Crippen molar-refractivity contribution in [2.75, 3.05) is 13.1 Å². The van der Waals surface area contributed by atoms with Crippen molar-refractivity contribution < 1.29 is 36.2 Å². The Morgan fingerprint density at radius 1 is 1.19 bits per heavy atom. The molecule has 1 atom stereocenters. The quantitative estimate of drug-likeness (QED) is 0.594. The van der Waals surface area contributed by atoms with Crippen LogP contribution in [-0.2, 0) is 0 Å². The summed E-state index contributed by atoms with van der Waals surface area (Å²) in [4.78, 5) is 14.3. The van der Waals surface area contributed by atoms with E-state index in [1.807, 2.05) is 0 Å². The SMILES string of the molecule is CCN(C(=O)[O-])C(NCCC1C=Nc2ccccc21)(C(F)(F)F)C(F)(F)F. The molecule has 0 aromatic heterocycles. The Bertz CT molecular complexity index is 703. The van der Waals surface area contributed by atoms with Crippen LogP contribution in [0.3, 0.4) is 0 Å². The van der Waals surface area contributed by atoms with Gasteiger partial charge in [0.1, 0.15) is 6.09 Å². The van der Waals surface area contributed by atoms with E-state index in [4.69, 9.17) is 0 Å². The highest BCUT2D eigenvalue weighted by atomic mass is 19.4. The zero-order valence-electron chi connectivity index (χ0n) is 14.1. The number of fused-ring (bicyclic) bond motifs is 1. The lowest BCUT2D eigenvalue weighted by Crippen LogP contribution is -2.77. The average Bonchev–Trinajstić information content (AvgIpc) is 2.94. The Morgan fingerprint density at radius 2 is 1.78 bits per heavy atom. The number of nitrogens with zero attached hydrogens (tertiary/aromatic N) is 2. The molecule has 2 rings (SSSR count). The molecule has 11 heteroatoms. The number of amides is 1. The number of hydrogen-bond donors (Lipinski definition) is 1. The van der Waals surface area contributed by atoms with Gasteiger partial charge >= 0.3 is 12.4 Å². The number of halogens is 6. The molecular formula is C16H16F6N3O2-. The first kappa shape index (κ1) is 21.0. The first-order valence-corrected chi connectivity index (χ1v) is 7.96. The molecule has 1 amide bonds. The molecule has 0 radical (unpaired) electrons. The van der Waals surface area contributed by atoms with Crippen molar-refractivity contribution in [3.05, 3.63) is 29.8 Å². The van der Waals surface area contributed by atoms with E-state index in [0.29, 0.717) is 11.3 Å². The molecule has 0 fully saturated rings. The van der Waals surface area contributed by atoms with Crippen LogP contribution in [0, 0.1) is 0 Å². The van der Waals surface area contributed by atoms with Crippen LogP contribution < -0.4 is 10.4 Å². The molecule has 1 aromatic rings. The predicted octanol–water partition coefficient (Wildman–Crippen LogP) is 2.95. The lowest BCUT2D eigenvalue weighted by Gasteiger charge is -2.46. The molecule has 0 saturated carbocycles. The second kappa shape index (κ2) is 7.37. The Hall–Kier alpha value is -2.30. The number of carboxylic acid groups (broad SMARTS) is 1. The molecule has 150 valence electrons. The van der Waals surface area contributed by atoms with Gasteiger partial charge in [-0.3, -0.25) is 10.3 Å². The van der Waals surface area contributed by atoms with Crippen LogP contribution in [0.15, 0.2) is 29.3 Å². The van der Waals surface area contributed by atoms with Gasteiger partial charge in [-0.25, -0.2) is 0 Å². The molecule has 0 bridgehead atoms. The van der Waals surface area contributed by atoms with E-state index >= 15 is 0 Å². The van der Waals surface area contributed by atoms with Crippen LogP contribution in [0.25, 0.3) is 0 Å². The summed E-state index contributed by atoms with van der Waals surface area (Å²) < 4.78 is 80.8. The molecule has 0 saturated heterocycles. The molecular weight excluding hydrogens is 380 g/mol. The van der Waals surface area contributed by atoms with E-state index in [9.17, 15) is 36.2 Å². The minimum atomic E-state index is -5.96. The zero-order valence-corrected chi connectivity index (χ0v) is 14.1. The summed E-state index contributed by atoms with van der Waals surface area (Å²) >= 11 is 0. The maximum absolute atomic E-state index is 13.5. The van der Waals surface area contributed by atoms with Crippen LogP contribution in [-0.4, -0.2) is 48.3 Å². The summed E-state index contributed by atoms with van der Waals surface area (Å²) in [5, 5.41) is 12.4. The summed E-state index contributed by atoms with van der Waals surface area (Å²) in [5.74, 6) is -0.481. The number of benzene rings is 1. The maximum Gasteiger partial charge on any atom is 0.434 e. The van der Waals surface area contributed by atoms with E-state index in [1.165, 1.54) is 11.5 Å². The molecule has 1 N–H and O–H groups in total. The number of carbonyl (C=O) groups is 1. The van der Waals surface area contributed by atoms with Crippen molar-refractivity contribution >= 4 is 18.0 Å². The Morgan fingerprint density at radius 3 is 2.30 bits per heavy atom. The lowest BCUT2D eigenvalue weighted by atomic mass is 9.97. The molecule has 1 unspecified atom stereocenters. The summed E-state index contributed by atoms with van der Waals surface area (Å²) in [6, 6.07) is 6.73. The molecule has 1 aliphatic rings. The summed E-state index contributed by atoms with van der Waals surface area (Å²) in [6.45, 7) is -0.959. The van der Waals surface area contributed by atoms with Crippen molar-refractivity contribution in [3.8, 4) is 0 Å². The highest BCUT2D eigenvalue weighted by Gasteiger charge is 2.74. The van der Waals surface area contributed by atoms with Crippen LogP contribution in [0.2, 0.25) is 0 Å². The summed E-state index contributed by atoms with van der Waals surface area (Å²) in [5.41, 5.74) is -3.50. The monoisotopic (exact) mass is 396 g/mol. The zero-order chi connectivity index (χ0) is 20.5. The molecule has 1 aromatic carbocycles. The summed E-state index contributed by atoms with van der Waals surface area (Å²) in [6.07, 6.45) is -13.2. The Balaban J connectivity index is 2.28. The van der Waals surface area contributed by atoms with E-state index in [2.05, 4.69) is 4.99 Å². The standard InChI is InChI=1S/C16H17F6N3O2/c1-2-25(13(26)27)14(15(17,18)19,16(20,21)22)24-8-7-10-9-23-12-6-4-3-5-11(10)12/h3-6,9-10,24H,2,7-8H2,1H3,(H,26,27)/p-1. The number of carbonyl (C=O) groups excluding carboxylic acids is 1. The van der Waals surface area contributed by atoms with E-state index < -0.39 is 48.0 Å². The second-order valence-corrected chi connectivity index (χ2v) is 5.88. The minimum Gasteiger partial charge on any atom is -0.530 e. The number of aliphatic imine (C=N–C) groups is 1. The van der Waals surface area contributed by atoms with Crippen molar-refractivity contribution in [1.29, 1.82) is 0 Å². The van der Waals surface area contributed by atoms with Gasteiger partial charge in [0.05, 0.1) is 5.69 Å². The number of nitrogens with one attached hydrogen (secondary N) is 1. The van der Waals surface area contributed by atoms with Crippen molar-refractivity contribution in [3.63, 3.8) is 0 Å². The minimum absolute atomic E-state index is 0.140. The van der Waals surface area contributed by atoms with Gasteiger partial charge in [0.25, 0.3) is 5.66 Å². The third kappa shape index (κ3) is 3.73. The smallest absolute Gasteiger partial charge is 0.434 e. The largest absolute Gasteiger partial charge is 0.530 e. The van der Waals surface area contributed by atoms with Gasteiger partial charge in [0, 0.05) is 18.7 Å². The average molecular weight is 396 g/mol.